The lowest BCUT2D eigenvalue weighted by atomic mass is 9.91. The molecule has 7 aromatic rings. The van der Waals surface area contributed by atoms with Gasteiger partial charge >= 0.3 is 0 Å². The molecule has 0 bridgehead atoms. The van der Waals surface area contributed by atoms with E-state index in [9.17, 15) is 0 Å². The summed E-state index contributed by atoms with van der Waals surface area (Å²) in [6.45, 7) is 0. The molecular formula is C42H30N5+. The molecule has 5 heteroatoms. The van der Waals surface area contributed by atoms with Crippen molar-refractivity contribution < 1.29 is 4.90 Å². The van der Waals surface area contributed by atoms with E-state index in [1.807, 2.05) is 24.3 Å². The first kappa shape index (κ1) is 27.3. The van der Waals surface area contributed by atoms with Gasteiger partial charge in [-0.1, -0.05) is 97.1 Å². The fraction of sp³-hybridized carbons (Fsp3) is 0.0476. The van der Waals surface area contributed by atoms with Crippen molar-refractivity contribution in [3.8, 4) is 44.9 Å². The lowest BCUT2D eigenvalue weighted by Gasteiger charge is -2.26. The molecule has 5 nitrogen and oxygen atoms in total. The van der Waals surface area contributed by atoms with Crippen molar-refractivity contribution >= 4 is 28.1 Å². The first-order valence-electron chi connectivity index (χ1n) is 16.0. The largest absolute Gasteiger partial charge is 0.247 e. The molecule has 2 aromatic heterocycles. The third-order valence-electron chi connectivity index (χ3n) is 9.18. The zero-order valence-corrected chi connectivity index (χ0v) is 25.6. The Morgan fingerprint density at radius 3 is 2.15 bits per heavy atom. The van der Waals surface area contributed by atoms with Crippen LogP contribution >= 0.6 is 0 Å². The highest BCUT2D eigenvalue weighted by molar-refractivity contribution is 6.06. The van der Waals surface area contributed by atoms with E-state index in [0.29, 0.717) is 0 Å². The Hall–Kier alpha value is -6.04. The summed E-state index contributed by atoms with van der Waals surface area (Å²) in [5, 5.41) is 1.09. The van der Waals surface area contributed by atoms with Crippen LogP contribution < -0.4 is 4.90 Å². The first-order chi connectivity index (χ1) is 23.3. The molecule has 1 aliphatic heterocycles. The van der Waals surface area contributed by atoms with E-state index in [1.165, 1.54) is 22.4 Å². The maximum absolute atomic E-state index is 5.06. The van der Waals surface area contributed by atoms with E-state index in [-0.39, 0.29) is 5.92 Å². The van der Waals surface area contributed by atoms with Gasteiger partial charge < -0.3 is 0 Å². The average Bonchev–Trinajstić information content (AvgIpc) is 3.16. The topological polar surface area (TPSA) is 56.0 Å². The van der Waals surface area contributed by atoms with Crippen molar-refractivity contribution in [1.82, 2.24) is 19.9 Å². The molecule has 9 rings (SSSR count). The summed E-state index contributed by atoms with van der Waals surface area (Å²) in [6, 6.07) is 44.8. The van der Waals surface area contributed by atoms with Gasteiger partial charge in [0.25, 0.3) is 0 Å². The molecule has 0 fully saturated rings. The quantitative estimate of drug-likeness (QED) is 0.213. The third-order valence-corrected chi connectivity index (χ3v) is 9.18. The van der Waals surface area contributed by atoms with Crippen LogP contribution in [-0.2, 0) is 0 Å². The molecule has 2 atom stereocenters. The predicted molar refractivity (Wildman–Crippen MR) is 189 cm³/mol. The highest BCUT2D eigenvalue weighted by atomic mass is 15.2. The van der Waals surface area contributed by atoms with Crippen LogP contribution in [-0.4, -0.2) is 19.9 Å². The number of quaternary nitrogens is 1. The van der Waals surface area contributed by atoms with E-state index < -0.39 is 0 Å². The fourth-order valence-corrected chi connectivity index (χ4v) is 6.87. The predicted octanol–water partition coefficient (Wildman–Crippen LogP) is 9.18. The number of hydrogen-bond acceptors (Lipinski definition) is 4. The van der Waals surface area contributed by atoms with Crippen LogP contribution in [0.5, 0.6) is 0 Å². The molecule has 2 aliphatic rings. The van der Waals surface area contributed by atoms with Crippen LogP contribution in [0, 0.1) is 0 Å². The maximum Gasteiger partial charge on any atom is 0.247 e. The summed E-state index contributed by atoms with van der Waals surface area (Å²) in [5.41, 5.74) is 11.9. The number of para-hydroxylation sites is 1. The standard InChI is InChI=1S/C42H29N5/c1-4-12-28(13-5-1)32-24-35-34-18-10-11-19-39(34)47(42-40(35)38(25-32)43-27-44-42)33-22-20-30(21-23-33)37-26-36(29-14-6-2-7-15-29)45-41(46-37)31-16-8-3-9-17-31/h1-14,16-27,29H,15H2/p+1. The summed E-state index contributed by atoms with van der Waals surface area (Å²) < 4.78 is 0. The molecule has 5 aromatic carbocycles. The molecular weight excluding hydrogens is 574 g/mol. The SMILES string of the molecule is C1=CCC(c2cc(-c3ccc([NH+]4c5ccccc5-c5cc(-c6ccccc6)cc6ncnc4c56)cc3)nc(-c3ccccc3)n2)C=C1. The third kappa shape index (κ3) is 4.85. The van der Waals surface area contributed by atoms with Crippen LogP contribution in [0.1, 0.15) is 18.0 Å². The van der Waals surface area contributed by atoms with Crippen molar-refractivity contribution in [2.75, 3.05) is 0 Å². The van der Waals surface area contributed by atoms with E-state index in [4.69, 9.17) is 19.9 Å². The molecule has 0 saturated heterocycles. The molecule has 222 valence electrons. The maximum atomic E-state index is 5.06. The summed E-state index contributed by atoms with van der Waals surface area (Å²) >= 11 is 0. The number of nitrogens with one attached hydrogen (secondary N) is 1. The minimum atomic E-state index is 0.223. The normalized spacial score (nSPS) is 16.3. The molecule has 2 unspecified atom stereocenters. The van der Waals surface area contributed by atoms with Crippen molar-refractivity contribution in [1.29, 1.82) is 0 Å². The number of benzene rings is 5. The average molecular weight is 605 g/mol. The summed E-state index contributed by atoms with van der Waals surface area (Å²) in [5.74, 6) is 1.93. The summed E-state index contributed by atoms with van der Waals surface area (Å²) in [7, 11) is 0. The van der Waals surface area contributed by atoms with Crippen LogP contribution in [0.3, 0.4) is 0 Å². The fourth-order valence-electron chi connectivity index (χ4n) is 6.87. The Balaban J connectivity index is 1.15. The Morgan fingerprint density at radius 1 is 0.596 bits per heavy atom. The zero-order chi connectivity index (χ0) is 31.2. The molecule has 0 spiro atoms. The second kappa shape index (κ2) is 11.4. The monoisotopic (exact) mass is 604 g/mol. The smallest absolute Gasteiger partial charge is 0.236 e. The van der Waals surface area contributed by atoms with Gasteiger partial charge in [-0.2, -0.15) is 4.98 Å². The van der Waals surface area contributed by atoms with Gasteiger partial charge in [-0.3, -0.25) is 0 Å². The van der Waals surface area contributed by atoms with Crippen molar-refractivity contribution in [3.05, 3.63) is 164 Å². The number of fused-ring (bicyclic) bond motifs is 2. The molecule has 0 saturated carbocycles. The van der Waals surface area contributed by atoms with Crippen LogP contribution in [0.15, 0.2) is 158 Å². The number of nitrogens with zero attached hydrogens (tertiary/aromatic N) is 4. The van der Waals surface area contributed by atoms with Gasteiger partial charge in [0.15, 0.2) is 11.5 Å². The lowest BCUT2D eigenvalue weighted by molar-refractivity contribution is -0.683. The van der Waals surface area contributed by atoms with Gasteiger partial charge in [-0.15, -0.1) is 0 Å². The van der Waals surface area contributed by atoms with Gasteiger partial charge in [0, 0.05) is 46.4 Å². The second-order valence-electron chi connectivity index (χ2n) is 12.0. The van der Waals surface area contributed by atoms with Crippen LogP contribution in [0.4, 0.5) is 17.2 Å². The number of allylic oxidation sites excluding steroid dienone is 4. The van der Waals surface area contributed by atoms with E-state index >= 15 is 0 Å². The number of hydrogen-bond donors (Lipinski definition) is 1. The molecule has 47 heavy (non-hydrogen) atoms. The van der Waals surface area contributed by atoms with Crippen LogP contribution in [0.25, 0.3) is 55.8 Å². The van der Waals surface area contributed by atoms with E-state index in [1.54, 1.807) is 6.33 Å². The Kier molecular flexibility index (Phi) is 6.61. The molecule has 0 radical (unpaired) electrons. The highest BCUT2D eigenvalue weighted by Crippen LogP contribution is 2.42. The van der Waals surface area contributed by atoms with Gasteiger partial charge in [-0.25, -0.2) is 19.9 Å². The van der Waals surface area contributed by atoms with Gasteiger partial charge in [0.2, 0.25) is 5.82 Å². The van der Waals surface area contributed by atoms with Crippen molar-refractivity contribution in [2.24, 2.45) is 0 Å². The highest BCUT2D eigenvalue weighted by Gasteiger charge is 2.33. The first-order valence-corrected chi connectivity index (χ1v) is 16.0. The molecule has 1 aliphatic carbocycles. The Morgan fingerprint density at radius 2 is 1.36 bits per heavy atom. The lowest BCUT2D eigenvalue weighted by Crippen LogP contribution is -2.97. The van der Waals surface area contributed by atoms with Crippen LogP contribution in [0.2, 0.25) is 0 Å². The van der Waals surface area contributed by atoms with Gasteiger partial charge in [-0.05, 0) is 53.9 Å². The minimum Gasteiger partial charge on any atom is -0.236 e. The summed E-state index contributed by atoms with van der Waals surface area (Å²) in [4.78, 5) is 20.9. The molecule has 1 N–H and O–H groups in total. The number of aromatic nitrogens is 4. The Bertz CT molecular complexity index is 2330. The second-order valence-corrected chi connectivity index (χ2v) is 12.0. The molecule has 3 heterocycles. The number of rotatable bonds is 5. The van der Waals surface area contributed by atoms with Crippen molar-refractivity contribution in [2.45, 2.75) is 12.3 Å². The van der Waals surface area contributed by atoms with Crippen molar-refractivity contribution in [3.63, 3.8) is 0 Å². The van der Waals surface area contributed by atoms with Gasteiger partial charge in [0.05, 0.1) is 22.3 Å². The Labute approximate surface area is 273 Å². The zero-order valence-electron chi connectivity index (χ0n) is 25.6. The molecule has 0 amide bonds. The minimum absolute atomic E-state index is 0.223. The summed E-state index contributed by atoms with van der Waals surface area (Å²) in [6.07, 6.45) is 11.3. The van der Waals surface area contributed by atoms with E-state index in [2.05, 4.69) is 127 Å². The van der Waals surface area contributed by atoms with Gasteiger partial charge in [0.1, 0.15) is 12.0 Å². The van der Waals surface area contributed by atoms with E-state index in [0.717, 1.165) is 67.6 Å².